The summed E-state index contributed by atoms with van der Waals surface area (Å²) in [5.41, 5.74) is 1.33. The second-order valence-electron chi connectivity index (χ2n) is 6.92. The summed E-state index contributed by atoms with van der Waals surface area (Å²) < 4.78 is 0. The molecule has 0 saturated heterocycles. The number of halogens is 1. The van der Waals surface area contributed by atoms with Gasteiger partial charge >= 0.3 is 0 Å². The van der Waals surface area contributed by atoms with Crippen LogP contribution in [0.4, 0.5) is 0 Å². The average Bonchev–Trinajstić information content (AvgIpc) is 2.65. The molecule has 0 bridgehead atoms. The number of aromatic hydroxyl groups is 2. The molecule has 7 heteroatoms. The fraction of sp³-hybridized carbons (Fsp3) is 0.300. The van der Waals surface area contributed by atoms with E-state index in [1.54, 1.807) is 18.2 Å². The quantitative estimate of drug-likeness (QED) is 0.558. The predicted molar refractivity (Wildman–Crippen MR) is 96.6 cm³/mol. The maximum absolute atomic E-state index is 12.8. The van der Waals surface area contributed by atoms with E-state index in [4.69, 9.17) is 11.6 Å². The normalized spacial score (nSPS) is 27.2. The smallest absolute Gasteiger partial charge is 0.184 e. The minimum absolute atomic E-state index is 0.0551. The van der Waals surface area contributed by atoms with Gasteiger partial charge in [-0.05, 0) is 29.7 Å². The van der Waals surface area contributed by atoms with Gasteiger partial charge in [-0.2, -0.15) is 0 Å². The molecule has 0 heterocycles. The average molecular weight is 389 g/mol. The Morgan fingerprint density at radius 1 is 0.926 bits per heavy atom. The molecule has 27 heavy (non-hydrogen) atoms. The van der Waals surface area contributed by atoms with Crippen molar-refractivity contribution in [2.75, 3.05) is 0 Å². The van der Waals surface area contributed by atoms with Crippen LogP contribution < -0.4 is 0 Å². The van der Waals surface area contributed by atoms with Gasteiger partial charge in [0.2, 0.25) is 0 Å². The topological polar surface area (TPSA) is 115 Å². The largest absolute Gasteiger partial charge is 0.508 e. The molecule has 2 aliphatic carbocycles. The second-order valence-corrected chi connectivity index (χ2v) is 7.39. The van der Waals surface area contributed by atoms with Crippen LogP contribution >= 0.6 is 11.6 Å². The second kappa shape index (κ2) is 6.34. The van der Waals surface area contributed by atoms with Crippen molar-refractivity contribution in [1.82, 2.24) is 0 Å². The number of rotatable bonds is 1. The van der Waals surface area contributed by atoms with Crippen molar-refractivity contribution in [3.8, 4) is 11.5 Å². The molecular formula is C20H17ClO6. The minimum Gasteiger partial charge on any atom is -0.508 e. The zero-order valence-corrected chi connectivity index (χ0v) is 14.8. The number of hydrogen-bond acceptors (Lipinski definition) is 6. The molecule has 4 unspecified atom stereocenters. The highest BCUT2D eigenvalue weighted by Gasteiger charge is 2.44. The Balaban J connectivity index is 1.96. The summed E-state index contributed by atoms with van der Waals surface area (Å²) in [6.45, 7) is 0. The first-order valence-electron chi connectivity index (χ1n) is 8.58. The number of phenols is 2. The lowest BCUT2D eigenvalue weighted by molar-refractivity contribution is 0.00949. The van der Waals surface area contributed by atoms with E-state index in [0.29, 0.717) is 17.5 Å². The van der Waals surface area contributed by atoms with Crippen LogP contribution in [-0.2, 0) is 0 Å². The molecule has 0 spiro atoms. The van der Waals surface area contributed by atoms with Crippen LogP contribution in [0.5, 0.6) is 11.5 Å². The number of Topliss-reactive ketones (excluding diaryl/α,β-unsaturated/α-hetero) is 2. The van der Waals surface area contributed by atoms with Gasteiger partial charge in [0.25, 0.3) is 0 Å². The fourth-order valence-corrected chi connectivity index (χ4v) is 4.39. The molecule has 6 nitrogen and oxygen atoms in total. The Bertz CT molecular complexity index is 969. The highest BCUT2D eigenvalue weighted by Crippen LogP contribution is 2.46. The first kappa shape index (κ1) is 18.0. The zero-order valence-electron chi connectivity index (χ0n) is 14.1. The summed E-state index contributed by atoms with van der Waals surface area (Å²) in [6, 6.07) is 7.69. The minimum atomic E-state index is -1.53. The fourth-order valence-electron chi connectivity index (χ4n) is 4.14. The van der Waals surface area contributed by atoms with Crippen LogP contribution in [0, 0.1) is 0 Å². The van der Waals surface area contributed by atoms with Crippen molar-refractivity contribution in [3.63, 3.8) is 0 Å². The van der Waals surface area contributed by atoms with Crippen LogP contribution in [-0.4, -0.2) is 43.5 Å². The van der Waals surface area contributed by atoms with Crippen molar-refractivity contribution < 1.29 is 30.0 Å². The zero-order chi connectivity index (χ0) is 19.5. The molecule has 4 rings (SSSR count). The van der Waals surface area contributed by atoms with E-state index in [1.165, 1.54) is 12.1 Å². The van der Waals surface area contributed by atoms with Crippen LogP contribution in [0.1, 0.15) is 62.3 Å². The van der Waals surface area contributed by atoms with Crippen molar-refractivity contribution in [3.05, 3.63) is 58.1 Å². The summed E-state index contributed by atoms with van der Waals surface area (Å²) in [5, 5.41) is 39.4. The third-order valence-electron chi connectivity index (χ3n) is 5.44. The summed E-state index contributed by atoms with van der Waals surface area (Å²) >= 11 is 6.02. The predicted octanol–water partition coefficient (Wildman–Crippen LogP) is 2.40. The van der Waals surface area contributed by atoms with Crippen LogP contribution in [0.15, 0.2) is 30.3 Å². The van der Waals surface area contributed by atoms with Gasteiger partial charge in [0.1, 0.15) is 29.1 Å². The third-order valence-corrected chi connectivity index (χ3v) is 5.89. The van der Waals surface area contributed by atoms with Gasteiger partial charge in [-0.15, -0.1) is 11.6 Å². The van der Waals surface area contributed by atoms with E-state index >= 15 is 0 Å². The number of carbonyl (C=O) groups is 2. The lowest BCUT2D eigenvalue weighted by atomic mass is 9.73. The Hall–Kier alpha value is -2.41. The first-order chi connectivity index (χ1) is 12.8. The third kappa shape index (κ3) is 2.56. The van der Waals surface area contributed by atoms with E-state index < -0.39 is 29.3 Å². The molecule has 2 aliphatic rings. The number of aliphatic hydroxyl groups excluding tert-OH is 2. The Morgan fingerprint density at radius 2 is 1.63 bits per heavy atom. The summed E-state index contributed by atoms with van der Waals surface area (Å²) in [5.74, 6) is -1.58. The molecular weight excluding hydrogens is 372 g/mol. The van der Waals surface area contributed by atoms with Crippen LogP contribution in [0.3, 0.4) is 0 Å². The molecule has 0 aliphatic heterocycles. The molecule has 4 N–H and O–H groups in total. The van der Waals surface area contributed by atoms with Gasteiger partial charge in [0, 0.05) is 23.5 Å². The lowest BCUT2D eigenvalue weighted by Crippen LogP contribution is -2.41. The molecule has 2 aromatic carbocycles. The molecule has 4 atom stereocenters. The lowest BCUT2D eigenvalue weighted by Gasteiger charge is -2.34. The summed E-state index contributed by atoms with van der Waals surface area (Å²) in [6.07, 6.45) is -2.44. The maximum atomic E-state index is 12.8. The van der Waals surface area contributed by atoms with Gasteiger partial charge in [-0.3, -0.25) is 9.59 Å². The van der Waals surface area contributed by atoms with E-state index in [2.05, 4.69) is 0 Å². The highest BCUT2D eigenvalue weighted by molar-refractivity contribution is 6.35. The van der Waals surface area contributed by atoms with Crippen LogP contribution in [0.25, 0.3) is 0 Å². The van der Waals surface area contributed by atoms with E-state index in [9.17, 15) is 30.0 Å². The summed E-state index contributed by atoms with van der Waals surface area (Å²) in [7, 11) is 0. The van der Waals surface area contributed by atoms with E-state index in [0.717, 1.165) is 0 Å². The van der Waals surface area contributed by atoms with E-state index in [-0.39, 0.29) is 40.4 Å². The number of aliphatic hydroxyl groups is 2. The monoisotopic (exact) mass is 388 g/mol. The van der Waals surface area contributed by atoms with Crippen molar-refractivity contribution >= 4 is 23.2 Å². The SMILES string of the molecule is O=C1CCC(c2ccc(O)c3c2C(=O)C(Cl)C(O)C3O)c2cccc(O)c21. The van der Waals surface area contributed by atoms with Crippen LogP contribution in [0.2, 0.25) is 0 Å². The number of alkyl halides is 1. The number of hydrogen-bond donors (Lipinski definition) is 4. The van der Waals surface area contributed by atoms with Gasteiger partial charge < -0.3 is 20.4 Å². The van der Waals surface area contributed by atoms with Crippen molar-refractivity contribution in [1.29, 1.82) is 0 Å². The van der Waals surface area contributed by atoms with Gasteiger partial charge in [-0.25, -0.2) is 0 Å². The number of ketones is 2. The molecule has 0 aromatic heterocycles. The number of benzene rings is 2. The molecule has 0 amide bonds. The Labute approximate surface area is 159 Å². The van der Waals surface area contributed by atoms with E-state index in [1.807, 2.05) is 0 Å². The molecule has 0 saturated carbocycles. The number of carbonyl (C=O) groups excluding carboxylic acids is 2. The molecule has 0 radical (unpaired) electrons. The highest BCUT2D eigenvalue weighted by atomic mass is 35.5. The maximum Gasteiger partial charge on any atom is 0.184 e. The Morgan fingerprint density at radius 3 is 2.37 bits per heavy atom. The van der Waals surface area contributed by atoms with Gasteiger partial charge in [-0.1, -0.05) is 18.2 Å². The molecule has 2 aromatic rings. The summed E-state index contributed by atoms with van der Waals surface area (Å²) in [4.78, 5) is 25.1. The Kier molecular flexibility index (Phi) is 4.22. The van der Waals surface area contributed by atoms with Gasteiger partial charge in [0.15, 0.2) is 11.6 Å². The molecule has 140 valence electrons. The first-order valence-corrected chi connectivity index (χ1v) is 9.01. The number of phenolic OH excluding ortho intramolecular Hbond substituents is 2. The van der Waals surface area contributed by atoms with Crippen molar-refractivity contribution in [2.24, 2.45) is 0 Å². The molecule has 0 fully saturated rings. The standard InChI is InChI=1S/C20H17ClO6/c21-17-18(25)15-10(5-7-13(24)16(15)19(26)20(17)27)8-4-6-12(23)14-9(8)2-1-3-11(14)22/h1-3,5,7-8,17,19-20,22,24,26-27H,4,6H2. The van der Waals surface area contributed by atoms with Gasteiger partial charge in [0.05, 0.1) is 5.56 Å². The van der Waals surface area contributed by atoms with Crippen molar-refractivity contribution in [2.45, 2.75) is 36.3 Å². The number of fused-ring (bicyclic) bond motifs is 2.